The summed E-state index contributed by atoms with van der Waals surface area (Å²) in [6.45, 7) is 4.04. The molecule has 0 heterocycles. The molecule has 2 rings (SSSR count). The van der Waals surface area contributed by atoms with E-state index in [-0.39, 0.29) is 5.57 Å². The van der Waals surface area contributed by atoms with E-state index in [1.807, 2.05) is 55.9 Å². The Morgan fingerprint density at radius 1 is 1.20 bits per heavy atom. The van der Waals surface area contributed by atoms with E-state index in [4.69, 9.17) is 5.26 Å². The highest BCUT2D eigenvalue weighted by atomic mass is 32.2. The van der Waals surface area contributed by atoms with Gasteiger partial charge in [-0.1, -0.05) is 48.0 Å². The zero-order valence-corrected chi connectivity index (χ0v) is 15.5. The molecule has 2 aromatic rings. The van der Waals surface area contributed by atoms with Crippen LogP contribution >= 0.6 is 11.8 Å². The van der Waals surface area contributed by atoms with Crippen molar-refractivity contribution in [3.63, 3.8) is 0 Å². The van der Waals surface area contributed by atoms with Crippen LogP contribution in [0.15, 0.2) is 48.0 Å². The summed E-state index contributed by atoms with van der Waals surface area (Å²) in [5.41, 5.74) is 5.61. The molecule has 0 saturated carbocycles. The Balaban J connectivity index is 2.20. The zero-order chi connectivity index (χ0) is 18.2. The van der Waals surface area contributed by atoms with Crippen LogP contribution in [-0.4, -0.2) is 13.1 Å². The molecule has 0 spiro atoms. The Hall–Kier alpha value is -2.51. The molecule has 0 fully saturated rings. The minimum Gasteiger partial charge on any atom is -0.465 e. The van der Waals surface area contributed by atoms with Gasteiger partial charge in [0, 0.05) is 11.5 Å². The van der Waals surface area contributed by atoms with Crippen molar-refractivity contribution in [2.45, 2.75) is 25.4 Å². The van der Waals surface area contributed by atoms with Gasteiger partial charge >= 0.3 is 5.97 Å². The molecular weight excluding hydrogens is 330 g/mol. The van der Waals surface area contributed by atoms with E-state index < -0.39 is 5.97 Å². The van der Waals surface area contributed by atoms with Crippen molar-refractivity contribution in [1.29, 1.82) is 5.26 Å². The van der Waals surface area contributed by atoms with Crippen LogP contribution in [0.2, 0.25) is 0 Å². The molecular formula is C21H21NO2S. The monoisotopic (exact) mass is 351 g/mol. The number of hydrogen-bond donors (Lipinski definition) is 0. The number of methoxy groups -OCH3 is 1. The number of nitriles is 1. The van der Waals surface area contributed by atoms with Crippen LogP contribution in [0, 0.1) is 25.2 Å². The van der Waals surface area contributed by atoms with Crippen molar-refractivity contribution in [3.05, 3.63) is 75.9 Å². The number of benzene rings is 2. The van der Waals surface area contributed by atoms with Gasteiger partial charge < -0.3 is 4.74 Å². The molecule has 0 N–H and O–H groups in total. The third kappa shape index (κ3) is 5.23. The number of carbonyl (C=O) groups is 1. The van der Waals surface area contributed by atoms with Gasteiger partial charge in [0.25, 0.3) is 0 Å². The molecule has 3 nitrogen and oxygen atoms in total. The van der Waals surface area contributed by atoms with Crippen LogP contribution in [0.3, 0.4) is 0 Å². The quantitative estimate of drug-likeness (QED) is 0.425. The van der Waals surface area contributed by atoms with Gasteiger partial charge in [-0.3, -0.25) is 0 Å². The number of rotatable bonds is 6. The smallest absolute Gasteiger partial charge is 0.348 e. The second-order valence-electron chi connectivity index (χ2n) is 5.78. The third-order valence-corrected chi connectivity index (χ3v) is 4.95. The molecule has 0 aliphatic carbocycles. The first-order valence-corrected chi connectivity index (χ1v) is 9.12. The van der Waals surface area contributed by atoms with Gasteiger partial charge in [-0.2, -0.15) is 17.0 Å². The molecule has 0 atom stereocenters. The predicted molar refractivity (Wildman–Crippen MR) is 103 cm³/mol. The van der Waals surface area contributed by atoms with Crippen molar-refractivity contribution >= 4 is 23.8 Å². The molecule has 2 aromatic carbocycles. The van der Waals surface area contributed by atoms with E-state index >= 15 is 0 Å². The molecule has 0 aromatic heterocycles. The van der Waals surface area contributed by atoms with Crippen LogP contribution in [0.25, 0.3) is 6.08 Å². The van der Waals surface area contributed by atoms with Crippen molar-refractivity contribution in [1.82, 2.24) is 0 Å². The van der Waals surface area contributed by atoms with Crippen LogP contribution in [-0.2, 0) is 21.0 Å². The van der Waals surface area contributed by atoms with Crippen LogP contribution in [0.4, 0.5) is 0 Å². The maximum atomic E-state index is 11.6. The molecule has 0 saturated heterocycles. The van der Waals surface area contributed by atoms with Gasteiger partial charge in [-0.05, 0) is 42.2 Å². The highest BCUT2D eigenvalue weighted by molar-refractivity contribution is 7.97. The largest absolute Gasteiger partial charge is 0.465 e. The maximum Gasteiger partial charge on any atom is 0.348 e. The summed E-state index contributed by atoms with van der Waals surface area (Å²) in [6.07, 6.45) is 1.61. The number of carbonyl (C=O) groups excluding carboxylic acids is 1. The summed E-state index contributed by atoms with van der Waals surface area (Å²) < 4.78 is 4.66. The average molecular weight is 351 g/mol. The highest BCUT2D eigenvalue weighted by Crippen LogP contribution is 2.25. The minimum atomic E-state index is -0.608. The number of thioether (sulfide) groups is 1. The lowest BCUT2D eigenvalue weighted by Gasteiger charge is -2.11. The van der Waals surface area contributed by atoms with Gasteiger partial charge in [0.15, 0.2) is 0 Å². The number of aryl methyl sites for hydroxylation is 1. The van der Waals surface area contributed by atoms with Gasteiger partial charge in [0.05, 0.1) is 7.11 Å². The van der Waals surface area contributed by atoms with E-state index in [1.54, 1.807) is 6.08 Å². The SMILES string of the molecule is COC(=O)/C(C#N)=C/c1cc(C)cc(CSCc2ccccc2)c1C. The zero-order valence-electron chi connectivity index (χ0n) is 14.7. The summed E-state index contributed by atoms with van der Waals surface area (Å²) >= 11 is 1.85. The lowest BCUT2D eigenvalue weighted by Crippen LogP contribution is -2.03. The first-order valence-electron chi connectivity index (χ1n) is 7.97. The molecule has 0 radical (unpaired) electrons. The molecule has 0 unspecified atom stereocenters. The molecule has 0 bridgehead atoms. The average Bonchev–Trinajstić information content (AvgIpc) is 2.63. The molecule has 25 heavy (non-hydrogen) atoms. The molecule has 0 aliphatic rings. The predicted octanol–water partition coefficient (Wildman–Crippen LogP) is 4.82. The Kier molecular flexibility index (Phi) is 6.85. The summed E-state index contributed by atoms with van der Waals surface area (Å²) in [7, 11) is 1.28. The Bertz CT molecular complexity index is 820. The Labute approximate surface area is 153 Å². The Morgan fingerprint density at radius 2 is 1.92 bits per heavy atom. The normalized spacial score (nSPS) is 11.0. The first kappa shape index (κ1) is 18.8. The van der Waals surface area contributed by atoms with Crippen molar-refractivity contribution in [2.24, 2.45) is 0 Å². The molecule has 0 amide bonds. The van der Waals surface area contributed by atoms with Crippen molar-refractivity contribution < 1.29 is 9.53 Å². The molecule has 128 valence electrons. The fourth-order valence-electron chi connectivity index (χ4n) is 2.52. The Morgan fingerprint density at radius 3 is 2.56 bits per heavy atom. The fraction of sp³-hybridized carbons (Fsp3) is 0.238. The van der Waals surface area contributed by atoms with Gasteiger partial charge in [-0.25, -0.2) is 4.79 Å². The van der Waals surface area contributed by atoms with E-state index in [9.17, 15) is 4.79 Å². The van der Waals surface area contributed by atoms with E-state index in [1.165, 1.54) is 18.2 Å². The third-order valence-electron chi connectivity index (χ3n) is 3.89. The van der Waals surface area contributed by atoms with Crippen molar-refractivity contribution in [3.8, 4) is 6.07 Å². The minimum absolute atomic E-state index is 0.0130. The topological polar surface area (TPSA) is 50.1 Å². The highest BCUT2D eigenvalue weighted by Gasteiger charge is 2.11. The second kappa shape index (κ2) is 9.10. The number of nitrogens with zero attached hydrogens (tertiary/aromatic N) is 1. The van der Waals surface area contributed by atoms with Crippen molar-refractivity contribution in [2.75, 3.05) is 7.11 Å². The van der Waals surface area contributed by atoms with Crippen LogP contribution in [0.1, 0.15) is 27.8 Å². The molecule has 0 aliphatic heterocycles. The van der Waals surface area contributed by atoms with Gasteiger partial charge in [0.1, 0.15) is 11.6 Å². The standard InChI is InChI=1S/C21H21NO2S/c1-15-9-18(11-19(12-22)21(23)24-3)16(2)20(10-15)14-25-13-17-7-5-4-6-8-17/h4-11H,13-14H2,1-3H3/b19-11+. The molecule has 4 heteroatoms. The second-order valence-corrected chi connectivity index (χ2v) is 6.76. The summed E-state index contributed by atoms with van der Waals surface area (Å²) in [6, 6.07) is 16.4. The van der Waals surface area contributed by atoms with Gasteiger partial charge in [-0.15, -0.1) is 0 Å². The van der Waals surface area contributed by atoms with E-state index in [0.29, 0.717) is 0 Å². The summed E-state index contributed by atoms with van der Waals surface area (Å²) in [4.78, 5) is 11.6. The van der Waals surface area contributed by atoms with Gasteiger partial charge in [0.2, 0.25) is 0 Å². The van der Waals surface area contributed by atoms with Crippen LogP contribution < -0.4 is 0 Å². The van der Waals surface area contributed by atoms with E-state index in [0.717, 1.165) is 28.2 Å². The summed E-state index contributed by atoms with van der Waals surface area (Å²) in [5, 5.41) is 9.16. The summed E-state index contributed by atoms with van der Waals surface area (Å²) in [5.74, 6) is 1.22. The van der Waals surface area contributed by atoms with E-state index in [2.05, 4.69) is 22.9 Å². The number of ether oxygens (including phenoxy) is 1. The maximum absolute atomic E-state index is 11.6. The lowest BCUT2D eigenvalue weighted by molar-refractivity contribution is -0.135. The van der Waals surface area contributed by atoms with Crippen LogP contribution in [0.5, 0.6) is 0 Å². The fourth-order valence-corrected chi connectivity index (χ4v) is 3.57. The number of hydrogen-bond acceptors (Lipinski definition) is 4. The number of esters is 1. The lowest BCUT2D eigenvalue weighted by atomic mass is 9.98. The first-order chi connectivity index (χ1) is 12.0.